The molecule has 1 aliphatic rings. The van der Waals surface area contributed by atoms with Gasteiger partial charge in [0.05, 0.1) is 0 Å². The number of hydrogen-bond donors (Lipinski definition) is 0. The highest BCUT2D eigenvalue weighted by Crippen LogP contribution is 2.46. The van der Waals surface area contributed by atoms with Crippen LogP contribution in [0.15, 0.2) is 48.5 Å². The van der Waals surface area contributed by atoms with Crippen LogP contribution in [0.5, 0.6) is 5.75 Å². The summed E-state index contributed by atoms with van der Waals surface area (Å²) >= 11 is 0. The van der Waals surface area contributed by atoms with Gasteiger partial charge in [0.1, 0.15) is 0 Å². The van der Waals surface area contributed by atoms with E-state index in [0.29, 0.717) is 5.56 Å². The third-order valence-corrected chi connectivity index (χ3v) is 5.91. The molecule has 3 aromatic carbocycles. The van der Waals surface area contributed by atoms with Gasteiger partial charge in [0.15, 0.2) is 11.6 Å². The fraction of sp³-hybridized carbons (Fsp3) is 0.333. The summed E-state index contributed by atoms with van der Waals surface area (Å²) in [7, 11) is 0. The molecule has 1 aliphatic carbocycles. The molecule has 0 bridgehead atoms. The zero-order valence-corrected chi connectivity index (χ0v) is 16.4. The first-order valence-corrected chi connectivity index (χ1v) is 10.0. The van der Waals surface area contributed by atoms with Gasteiger partial charge in [-0.2, -0.15) is 0 Å². The largest absolute Gasteiger partial charge is 0.573 e. The van der Waals surface area contributed by atoms with Crippen molar-refractivity contribution in [2.45, 2.75) is 44.9 Å². The predicted octanol–water partition coefficient (Wildman–Crippen LogP) is 7.51. The highest BCUT2D eigenvalue weighted by Gasteiger charge is 2.36. The van der Waals surface area contributed by atoms with Gasteiger partial charge in [0, 0.05) is 5.92 Å². The van der Waals surface area contributed by atoms with Gasteiger partial charge in [-0.05, 0) is 64.8 Å². The second-order valence-electron chi connectivity index (χ2n) is 7.78. The minimum atomic E-state index is -5.16. The Kier molecular flexibility index (Phi) is 5.43. The molecule has 0 unspecified atom stereocenters. The topological polar surface area (TPSA) is 9.23 Å². The van der Waals surface area contributed by atoms with E-state index in [1.807, 2.05) is 36.4 Å². The highest BCUT2D eigenvalue weighted by molar-refractivity contribution is 5.87. The lowest BCUT2D eigenvalue weighted by atomic mass is 9.69. The van der Waals surface area contributed by atoms with E-state index in [4.69, 9.17) is 0 Å². The maximum atomic E-state index is 14.5. The van der Waals surface area contributed by atoms with Crippen molar-refractivity contribution in [3.8, 4) is 5.75 Å². The summed E-state index contributed by atoms with van der Waals surface area (Å²) in [5.74, 6) is -4.23. The fourth-order valence-corrected chi connectivity index (χ4v) is 4.78. The molecule has 4 rings (SSSR count). The van der Waals surface area contributed by atoms with Crippen LogP contribution in [-0.4, -0.2) is 6.36 Å². The number of benzene rings is 3. The summed E-state index contributed by atoms with van der Waals surface area (Å²) < 4.78 is 70.0. The van der Waals surface area contributed by atoms with Crippen molar-refractivity contribution in [3.63, 3.8) is 0 Å². The lowest BCUT2D eigenvalue weighted by Gasteiger charge is -2.35. The summed E-state index contributed by atoms with van der Waals surface area (Å²) in [6.45, 7) is 2.05. The first-order chi connectivity index (χ1) is 14.3. The molecule has 0 spiro atoms. The fourth-order valence-electron chi connectivity index (χ4n) is 4.78. The van der Waals surface area contributed by atoms with Gasteiger partial charge in [-0.3, -0.25) is 0 Å². The number of ether oxygens (including phenoxy) is 1. The average Bonchev–Trinajstić information content (AvgIpc) is 2.69. The summed E-state index contributed by atoms with van der Waals surface area (Å²) in [5, 5.41) is 2.20. The normalized spacial score (nSPS) is 19.0. The molecule has 2 atom stereocenters. The third kappa shape index (κ3) is 3.87. The van der Waals surface area contributed by atoms with Crippen molar-refractivity contribution in [2.75, 3.05) is 0 Å². The van der Waals surface area contributed by atoms with Crippen LogP contribution in [0.25, 0.3) is 10.8 Å². The van der Waals surface area contributed by atoms with Crippen LogP contribution in [0.1, 0.15) is 48.8 Å². The summed E-state index contributed by atoms with van der Waals surface area (Å²) in [4.78, 5) is 0. The molecule has 0 aliphatic heterocycles. The molecule has 158 valence electrons. The Morgan fingerprint density at radius 1 is 1.00 bits per heavy atom. The van der Waals surface area contributed by atoms with Crippen LogP contribution in [0.4, 0.5) is 22.0 Å². The number of fused-ring (bicyclic) bond motifs is 3. The summed E-state index contributed by atoms with van der Waals surface area (Å²) in [6.07, 6.45) is -1.68. The van der Waals surface area contributed by atoms with E-state index in [2.05, 4.69) is 11.7 Å². The highest BCUT2D eigenvalue weighted by atomic mass is 19.4. The summed E-state index contributed by atoms with van der Waals surface area (Å²) in [5.41, 5.74) is 2.47. The second-order valence-corrected chi connectivity index (χ2v) is 7.78. The molecular formula is C24H21F5O. The van der Waals surface area contributed by atoms with Crippen molar-refractivity contribution in [2.24, 2.45) is 5.92 Å². The summed E-state index contributed by atoms with van der Waals surface area (Å²) in [6, 6.07) is 13.9. The van der Waals surface area contributed by atoms with Gasteiger partial charge >= 0.3 is 6.36 Å². The molecule has 0 saturated carbocycles. The van der Waals surface area contributed by atoms with Crippen molar-refractivity contribution in [1.82, 2.24) is 0 Å². The van der Waals surface area contributed by atoms with Crippen LogP contribution < -0.4 is 4.74 Å². The smallest absolute Gasteiger partial charge is 0.399 e. The minimum absolute atomic E-state index is 0.150. The Labute approximate surface area is 171 Å². The second kappa shape index (κ2) is 7.89. The van der Waals surface area contributed by atoms with Crippen molar-refractivity contribution in [3.05, 3.63) is 76.9 Å². The number of alkyl halides is 3. The van der Waals surface area contributed by atoms with E-state index in [9.17, 15) is 22.0 Å². The molecule has 0 saturated heterocycles. The molecule has 0 radical (unpaired) electrons. The number of rotatable bonds is 4. The molecule has 0 N–H and O–H groups in total. The van der Waals surface area contributed by atoms with Gasteiger partial charge in [0.2, 0.25) is 5.75 Å². The Balaban J connectivity index is 1.85. The Hall–Kier alpha value is -2.63. The van der Waals surface area contributed by atoms with Crippen LogP contribution in [-0.2, 0) is 6.42 Å². The molecule has 0 heterocycles. The van der Waals surface area contributed by atoms with Crippen molar-refractivity contribution >= 4 is 10.8 Å². The van der Waals surface area contributed by atoms with Crippen molar-refractivity contribution in [1.29, 1.82) is 0 Å². The van der Waals surface area contributed by atoms with Crippen LogP contribution in [0.2, 0.25) is 0 Å². The zero-order valence-electron chi connectivity index (χ0n) is 16.4. The van der Waals surface area contributed by atoms with E-state index in [1.165, 1.54) is 0 Å². The minimum Gasteiger partial charge on any atom is -0.399 e. The molecule has 3 aromatic rings. The Morgan fingerprint density at radius 2 is 1.70 bits per heavy atom. The van der Waals surface area contributed by atoms with Crippen LogP contribution >= 0.6 is 0 Å². The maximum absolute atomic E-state index is 14.5. The predicted molar refractivity (Wildman–Crippen MR) is 106 cm³/mol. The van der Waals surface area contributed by atoms with Crippen LogP contribution in [0, 0.1) is 17.6 Å². The zero-order chi connectivity index (χ0) is 21.5. The van der Waals surface area contributed by atoms with Crippen LogP contribution in [0.3, 0.4) is 0 Å². The molecular weight excluding hydrogens is 399 g/mol. The monoisotopic (exact) mass is 420 g/mol. The molecule has 0 aromatic heterocycles. The van der Waals surface area contributed by atoms with E-state index < -0.39 is 23.7 Å². The van der Waals surface area contributed by atoms with Gasteiger partial charge in [-0.1, -0.05) is 49.7 Å². The number of halogens is 5. The van der Waals surface area contributed by atoms with E-state index in [1.54, 1.807) is 0 Å². The van der Waals surface area contributed by atoms with Gasteiger partial charge < -0.3 is 4.74 Å². The van der Waals surface area contributed by atoms with Gasteiger partial charge in [-0.15, -0.1) is 13.2 Å². The molecule has 1 nitrogen and oxygen atoms in total. The SMILES string of the molecule is CCC[C@@H]1CCc2c(ccc3ccccc23)[C@H]1c1cc(F)c(OC(F)(F)F)c(F)c1. The van der Waals surface area contributed by atoms with Gasteiger partial charge in [-0.25, -0.2) is 8.78 Å². The van der Waals surface area contributed by atoms with E-state index in [0.717, 1.165) is 59.7 Å². The van der Waals surface area contributed by atoms with E-state index >= 15 is 0 Å². The number of hydrogen-bond acceptors (Lipinski definition) is 1. The Morgan fingerprint density at radius 3 is 2.37 bits per heavy atom. The number of aryl methyl sites for hydroxylation is 1. The molecule has 0 fully saturated rings. The van der Waals surface area contributed by atoms with Crippen molar-refractivity contribution < 1.29 is 26.7 Å². The Bertz CT molecular complexity index is 1050. The van der Waals surface area contributed by atoms with Gasteiger partial charge in [0.25, 0.3) is 0 Å². The first kappa shape index (κ1) is 20.6. The lowest BCUT2D eigenvalue weighted by Crippen LogP contribution is -2.23. The third-order valence-electron chi connectivity index (χ3n) is 5.91. The lowest BCUT2D eigenvalue weighted by molar-refractivity contribution is -0.276. The average molecular weight is 420 g/mol. The standard InChI is InChI=1S/C24H21F5O/c1-2-5-15-9-10-18-17-7-4-3-6-14(17)8-11-19(18)22(15)16-12-20(25)23(21(26)13-16)30-24(27,28)29/h3-4,6-8,11-13,15,22H,2,5,9-10H2,1H3/t15-,22-/m1/s1. The maximum Gasteiger partial charge on any atom is 0.573 e. The molecule has 0 amide bonds. The molecule has 6 heteroatoms. The first-order valence-electron chi connectivity index (χ1n) is 10.0. The quantitative estimate of drug-likeness (QED) is 0.397. The molecule has 30 heavy (non-hydrogen) atoms. The van der Waals surface area contributed by atoms with E-state index in [-0.39, 0.29) is 11.8 Å².